The fourth-order valence-electron chi connectivity index (χ4n) is 1.84. The van der Waals surface area contributed by atoms with Crippen LogP contribution in [-0.2, 0) is 4.79 Å². The summed E-state index contributed by atoms with van der Waals surface area (Å²) in [4.78, 5) is 10.8. The lowest BCUT2D eigenvalue weighted by Crippen LogP contribution is -2.15. The number of aryl methyl sites for hydroxylation is 1. The summed E-state index contributed by atoms with van der Waals surface area (Å²) in [7, 11) is 0. The Morgan fingerprint density at radius 1 is 1.60 bits per heavy atom. The van der Waals surface area contributed by atoms with Crippen LogP contribution >= 0.6 is 0 Å². The maximum atomic E-state index is 10.8. The second-order valence-corrected chi connectivity index (χ2v) is 3.72. The third kappa shape index (κ3) is 2.57. The average molecular weight is 202 g/mol. The van der Waals surface area contributed by atoms with E-state index < -0.39 is 0 Å². The van der Waals surface area contributed by atoms with Crippen LogP contribution in [-0.4, -0.2) is 5.91 Å². The molecule has 0 saturated carbocycles. The number of amides is 1. The molecule has 0 aliphatic carbocycles. The van der Waals surface area contributed by atoms with E-state index in [1.165, 1.54) is 0 Å². The topological polar surface area (TPSA) is 66.9 Å². The molecule has 1 atom stereocenters. The minimum Gasteiger partial charge on any atom is -0.370 e. The summed E-state index contributed by atoms with van der Waals surface area (Å²) in [5.74, 6) is -0.340. The van der Waals surface area contributed by atoms with E-state index in [-0.39, 0.29) is 18.2 Å². The highest BCUT2D eigenvalue weighted by molar-refractivity contribution is 5.75. The van der Waals surface area contributed by atoms with Gasteiger partial charge in [-0.1, -0.05) is 19.1 Å². The van der Waals surface area contributed by atoms with E-state index in [2.05, 4.69) is 6.07 Å². The van der Waals surface area contributed by atoms with Gasteiger partial charge in [-0.25, -0.2) is 0 Å². The first-order valence-electron chi connectivity index (χ1n) is 4.84. The number of nitriles is 1. The molecule has 1 rings (SSSR count). The van der Waals surface area contributed by atoms with E-state index >= 15 is 0 Å². The summed E-state index contributed by atoms with van der Waals surface area (Å²) in [6, 6.07) is 7.68. The molecule has 3 nitrogen and oxygen atoms in total. The quantitative estimate of drug-likeness (QED) is 0.812. The van der Waals surface area contributed by atoms with Gasteiger partial charge >= 0.3 is 0 Å². The van der Waals surface area contributed by atoms with Gasteiger partial charge in [-0.2, -0.15) is 5.26 Å². The maximum Gasteiger partial charge on any atom is 0.218 e. The molecule has 0 aliphatic rings. The number of primary amides is 1. The molecular formula is C12H14N2O. The van der Waals surface area contributed by atoms with Gasteiger partial charge in [0.2, 0.25) is 5.91 Å². The standard InChI is InChI=1S/C12H14N2O/c1-8-4-3-5-10(7-13)12(8)9(2)6-11(14)15/h3-5,9H,6H2,1-2H3,(H2,14,15). The Bertz CT molecular complexity index is 418. The lowest BCUT2D eigenvalue weighted by atomic mass is 9.89. The third-order valence-electron chi connectivity index (χ3n) is 2.44. The van der Waals surface area contributed by atoms with E-state index in [0.29, 0.717) is 5.56 Å². The van der Waals surface area contributed by atoms with E-state index in [1.807, 2.05) is 26.0 Å². The second kappa shape index (κ2) is 4.61. The Kier molecular flexibility index (Phi) is 3.46. The normalized spacial score (nSPS) is 11.8. The van der Waals surface area contributed by atoms with Crippen molar-refractivity contribution >= 4 is 5.91 Å². The van der Waals surface area contributed by atoms with Crippen LogP contribution in [0.15, 0.2) is 18.2 Å². The van der Waals surface area contributed by atoms with Crippen LogP contribution in [0.25, 0.3) is 0 Å². The highest BCUT2D eigenvalue weighted by Gasteiger charge is 2.14. The van der Waals surface area contributed by atoms with E-state index in [0.717, 1.165) is 11.1 Å². The van der Waals surface area contributed by atoms with Gasteiger partial charge in [-0.05, 0) is 30.0 Å². The molecular weight excluding hydrogens is 188 g/mol. The molecule has 78 valence electrons. The van der Waals surface area contributed by atoms with Crippen molar-refractivity contribution in [3.63, 3.8) is 0 Å². The first-order valence-corrected chi connectivity index (χ1v) is 4.84. The van der Waals surface area contributed by atoms with Gasteiger partial charge in [-0.15, -0.1) is 0 Å². The monoisotopic (exact) mass is 202 g/mol. The first kappa shape index (κ1) is 11.3. The largest absolute Gasteiger partial charge is 0.370 e. The highest BCUT2D eigenvalue weighted by Crippen LogP contribution is 2.25. The van der Waals surface area contributed by atoms with Crippen molar-refractivity contribution in [3.05, 3.63) is 34.9 Å². The van der Waals surface area contributed by atoms with Crippen LogP contribution in [0, 0.1) is 18.3 Å². The molecule has 1 aromatic rings. The van der Waals surface area contributed by atoms with Gasteiger partial charge < -0.3 is 5.73 Å². The second-order valence-electron chi connectivity index (χ2n) is 3.72. The van der Waals surface area contributed by atoms with Crippen LogP contribution < -0.4 is 5.73 Å². The summed E-state index contributed by atoms with van der Waals surface area (Å²) in [6.45, 7) is 3.85. The molecule has 0 aliphatic heterocycles. The van der Waals surface area contributed by atoms with Crippen molar-refractivity contribution < 1.29 is 4.79 Å². The zero-order valence-corrected chi connectivity index (χ0v) is 8.95. The number of carbonyl (C=O) groups is 1. The Balaban J connectivity index is 3.12. The molecule has 2 N–H and O–H groups in total. The van der Waals surface area contributed by atoms with E-state index in [1.54, 1.807) is 6.07 Å². The van der Waals surface area contributed by atoms with Crippen LogP contribution in [0.4, 0.5) is 0 Å². The van der Waals surface area contributed by atoms with Gasteiger partial charge in [0.1, 0.15) is 0 Å². The number of hydrogen-bond donors (Lipinski definition) is 1. The van der Waals surface area contributed by atoms with Crippen LogP contribution in [0.1, 0.15) is 36.0 Å². The predicted molar refractivity (Wildman–Crippen MR) is 58.1 cm³/mol. The summed E-state index contributed by atoms with van der Waals surface area (Å²) in [6.07, 6.45) is 0.277. The Hall–Kier alpha value is -1.82. The Morgan fingerprint density at radius 3 is 2.80 bits per heavy atom. The number of benzene rings is 1. The molecule has 1 aromatic carbocycles. The molecule has 1 amide bonds. The molecule has 15 heavy (non-hydrogen) atoms. The van der Waals surface area contributed by atoms with Gasteiger partial charge in [0.15, 0.2) is 0 Å². The van der Waals surface area contributed by atoms with Gasteiger partial charge in [-0.3, -0.25) is 4.79 Å². The molecule has 1 unspecified atom stereocenters. The summed E-state index contributed by atoms with van der Waals surface area (Å²) in [5, 5.41) is 8.96. The third-order valence-corrected chi connectivity index (χ3v) is 2.44. The summed E-state index contributed by atoms with van der Waals surface area (Å²) < 4.78 is 0. The summed E-state index contributed by atoms with van der Waals surface area (Å²) >= 11 is 0. The van der Waals surface area contributed by atoms with Crippen molar-refractivity contribution in [2.24, 2.45) is 5.73 Å². The zero-order chi connectivity index (χ0) is 11.4. The number of hydrogen-bond acceptors (Lipinski definition) is 2. The first-order chi connectivity index (χ1) is 7.06. The number of nitrogens with two attached hydrogens (primary N) is 1. The lowest BCUT2D eigenvalue weighted by molar-refractivity contribution is -0.118. The molecule has 0 bridgehead atoms. The van der Waals surface area contributed by atoms with Crippen LogP contribution in [0.5, 0.6) is 0 Å². The van der Waals surface area contributed by atoms with Crippen LogP contribution in [0.3, 0.4) is 0 Å². The van der Waals surface area contributed by atoms with Crippen molar-refractivity contribution in [3.8, 4) is 6.07 Å². The van der Waals surface area contributed by atoms with Crippen LogP contribution in [0.2, 0.25) is 0 Å². The number of nitrogens with zero attached hydrogens (tertiary/aromatic N) is 1. The lowest BCUT2D eigenvalue weighted by Gasteiger charge is -2.14. The van der Waals surface area contributed by atoms with Crippen molar-refractivity contribution in [2.75, 3.05) is 0 Å². The van der Waals surface area contributed by atoms with Crippen molar-refractivity contribution in [1.29, 1.82) is 5.26 Å². The van der Waals surface area contributed by atoms with Crippen molar-refractivity contribution in [1.82, 2.24) is 0 Å². The number of carbonyl (C=O) groups excluding carboxylic acids is 1. The molecule has 0 radical (unpaired) electrons. The molecule has 0 spiro atoms. The maximum absolute atomic E-state index is 10.8. The zero-order valence-electron chi connectivity index (χ0n) is 8.95. The van der Waals surface area contributed by atoms with E-state index in [4.69, 9.17) is 11.0 Å². The van der Waals surface area contributed by atoms with Crippen molar-refractivity contribution in [2.45, 2.75) is 26.2 Å². The predicted octanol–water partition coefficient (Wildman–Crippen LogP) is 1.85. The highest BCUT2D eigenvalue weighted by atomic mass is 16.1. The Morgan fingerprint density at radius 2 is 2.27 bits per heavy atom. The molecule has 0 aromatic heterocycles. The minimum atomic E-state index is -0.338. The van der Waals surface area contributed by atoms with Gasteiger partial charge in [0.05, 0.1) is 11.6 Å². The molecule has 0 heterocycles. The fourth-order valence-corrected chi connectivity index (χ4v) is 1.84. The van der Waals surface area contributed by atoms with E-state index in [9.17, 15) is 4.79 Å². The van der Waals surface area contributed by atoms with Gasteiger partial charge in [0, 0.05) is 6.42 Å². The summed E-state index contributed by atoms with van der Waals surface area (Å²) in [5.41, 5.74) is 7.74. The van der Waals surface area contributed by atoms with Gasteiger partial charge in [0.25, 0.3) is 0 Å². The molecule has 3 heteroatoms. The minimum absolute atomic E-state index is 0.00153. The Labute approximate surface area is 89.5 Å². The average Bonchev–Trinajstić information content (AvgIpc) is 2.15. The smallest absolute Gasteiger partial charge is 0.218 e. The SMILES string of the molecule is Cc1cccc(C#N)c1C(C)CC(N)=O. The molecule has 0 fully saturated rings. The fraction of sp³-hybridized carbons (Fsp3) is 0.333. The molecule has 0 saturated heterocycles. The number of rotatable bonds is 3.